The quantitative estimate of drug-likeness (QED) is 0.159. The van der Waals surface area contributed by atoms with Gasteiger partial charge in [0.25, 0.3) is 0 Å². The average molecular weight is 698 g/mol. The summed E-state index contributed by atoms with van der Waals surface area (Å²) in [7, 11) is -3.16. The monoisotopic (exact) mass is 697 g/mol. The van der Waals surface area contributed by atoms with Crippen LogP contribution in [-0.4, -0.2) is 4.57 Å². The molecule has 1 aliphatic heterocycles. The highest BCUT2D eigenvalue weighted by molar-refractivity contribution is 7.85. The maximum atomic E-state index is 15.5. The molecular formula is C50H36NOP. The van der Waals surface area contributed by atoms with Gasteiger partial charge in [0.1, 0.15) is 0 Å². The van der Waals surface area contributed by atoms with Crippen molar-refractivity contribution in [2.24, 2.45) is 0 Å². The van der Waals surface area contributed by atoms with Crippen molar-refractivity contribution < 1.29 is 4.57 Å². The van der Waals surface area contributed by atoms with E-state index in [4.69, 9.17) is 0 Å². The number of para-hydroxylation sites is 3. The Balaban J connectivity index is 1.26. The molecule has 0 aliphatic carbocycles. The summed E-state index contributed by atoms with van der Waals surface area (Å²) in [6, 6.07) is 70.9. The summed E-state index contributed by atoms with van der Waals surface area (Å²) in [5.74, 6) is 0. The molecule has 0 saturated carbocycles. The Bertz CT molecular complexity index is 2790. The third-order valence-electron chi connectivity index (χ3n) is 11.3. The van der Waals surface area contributed by atoms with E-state index in [2.05, 4.69) is 151 Å². The molecular weight excluding hydrogens is 662 g/mol. The second-order valence-corrected chi connectivity index (χ2v) is 16.9. The molecule has 2 heterocycles. The van der Waals surface area contributed by atoms with Crippen LogP contribution in [0, 0.1) is 6.92 Å². The van der Waals surface area contributed by atoms with Crippen molar-refractivity contribution in [3.8, 4) is 16.8 Å². The molecule has 1 aromatic heterocycles. The molecule has 1 unspecified atom stereocenters. The molecule has 2 nitrogen and oxygen atoms in total. The summed E-state index contributed by atoms with van der Waals surface area (Å²) in [5.41, 5.74) is 11.3. The molecule has 1 aliphatic rings. The maximum Gasteiger partial charge on any atom is 0.171 e. The van der Waals surface area contributed by atoms with E-state index in [1.165, 1.54) is 60.9 Å². The fraction of sp³-hybridized carbons (Fsp3) is 0.0400. The van der Waals surface area contributed by atoms with E-state index in [1.807, 2.05) is 60.7 Å². The molecule has 8 aromatic carbocycles. The van der Waals surface area contributed by atoms with E-state index < -0.39 is 12.6 Å². The van der Waals surface area contributed by atoms with Crippen molar-refractivity contribution >= 4 is 44.9 Å². The van der Waals surface area contributed by atoms with Crippen molar-refractivity contribution in [1.29, 1.82) is 0 Å². The van der Waals surface area contributed by atoms with E-state index >= 15 is 4.57 Å². The minimum Gasteiger partial charge on any atom is -0.309 e. The van der Waals surface area contributed by atoms with Crippen molar-refractivity contribution in [3.63, 3.8) is 0 Å². The highest BCUT2D eigenvalue weighted by Crippen LogP contribution is 2.54. The van der Waals surface area contributed by atoms with E-state index in [0.29, 0.717) is 0 Å². The minimum atomic E-state index is -3.16. The van der Waals surface area contributed by atoms with E-state index in [9.17, 15) is 0 Å². The van der Waals surface area contributed by atoms with Crippen LogP contribution < -0.4 is 15.9 Å². The molecule has 0 saturated heterocycles. The van der Waals surface area contributed by atoms with Gasteiger partial charge in [0.15, 0.2) is 7.14 Å². The Morgan fingerprint density at radius 2 is 0.925 bits per heavy atom. The van der Waals surface area contributed by atoms with Gasteiger partial charge >= 0.3 is 0 Å². The first kappa shape index (κ1) is 31.5. The van der Waals surface area contributed by atoms with Gasteiger partial charge in [0, 0.05) is 26.7 Å². The Kier molecular flexibility index (Phi) is 7.25. The van der Waals surface area contributed by atoms with E-state index in [1.54, 1.807) is 0 Å². The van der Waals surface area contributed by atoms with Crippen LogP contribution >= 0.6 is 7.14 Å². The Morgan fingerprint density at radius 3 is 1.58 bits per heavy atom. The number of nitrogens with zero attached hydrogens (tertiary/aromatic N) is 1. The van der Waals surface area contributed by atoms with Gasteiger partial charge in [-0.3, -0.25) is 0 Å². The van der Waals surface area contributed by atoms with Gasteiger partial charge in [-0.05, 0) is 52.4 Å². The Hall–Kier alpha value is -6.21. The molecule has 0 N–H and O–H groups in total. The molecule has 1 atom stereocenters. The maximum absolute atomic E-state index is 15.5. The Labute approximate surface area is 310 Å². The lowest BCUT2D eigenvalue weighted by atomic mass is 9.63. The molecule has 53 heavy (non-hydrogen) atoms. The van der Waals surface area contributed by atoms with Crippen LogP contribution in [0.5, 0.6) is 0 Å². The zero-order valence-corrected chi connectivity index (χ0v) is 30.2. The van der Waals surface area contributed by atoms with Gasteiger partial charge in [-0.2, -0.15) is 0 Å². The minimum absolute atomic E-state index is 0.658. The van der Waals surface area contributed by atoms with Crippen molar-refractivity contribution in [2.45, 2.75) is 12.3 Å². The second kappa shape index (κ2) is 12.2. The largest absolute Gasteiger partial charge is 0.309 e. The van der Waals surface area contributed by atoms with Crippen molar-refractivity contribution in [2.75, 3.05) is 0 Å². The van der Waals surface area contributed by atoms with Gasteiger partial charge in [-0.25, -0.2) is 0 Å². The molecule has 0 amide bonds. The smallest absolute Gasteiger partial charge is 0.171 e. The van der Waals surface area contributed by atoms with Crippen LogP contribution in [0.3, 0.4) is 0 Å². The lowest BCUT2D eigenvalue weighted by Crippen LogP contribution is -2.35. The zero-order valence-electron chi connectivity index (χ0n) is 29.4. The molecule has 0 fully saturated rings. The van der Waals surface area contributed by atoms with Gasteiger partial charge in [0.05, 0.1) is 22.1 Å². The lowest BCUT2D eigenvalue weighted by Gasteiger charge is -2.42. The number of aromatic nitrogens is 1. The number of rotatable bonds is 6. The highest BCUT2D eigenvalue weighted by Gasteiger charge is 2.45. The normalized spacial score (nSPS) is 15.0. The first-order valence-electron chi connectivity index (χ1n) is 18.2. The fourth-order valence-electron chi connectivity index (χ4n) is 8.79. The van der Waals surface area contributed by atoms with Gasteiger partial charge in [0.2, 0.25) is 0 Å². The number of benzene rings is 8. The van der Waals surface area contributed by atoms with E-state index in [0.717, 1.165) is 21.5 Å². The number of hydrogen-bond donors (Lipinski definition) is 0. The molecule has 0 spiro atoms. The molecule has 9 aromatic rings. The summed E-state index contributed by atoms with van der Waals surface area (Å²) in [6.45, 7) is 2.13. The van der Waals surface area contributed by atoms with Gasteiger partial charge in [-0.1, -0.05) is 194 Å². The predicted octanol–water partition coefficient (Wildman–Crippen LogP) is 11.1. The average Bonchev–Trinajstić information content (AvgIpc) is 3.57. The summed E-state index contributed by atoms with van der Waals surface area (Å²) in [4.78, 5) is 0. The molecule has 252 valence electrons. The van der Waals surface area contributed by atoms with Crippen LogP contribution in [0.25, 0.3) is 38.6 Å². The Morgan fingerprint density at radius 1 is 0.434 bits per heavy atom. The summed E-state index contributed by atoms with van der Waals surface area (Å²) < 4.78 is 17.9. The van der Waals surface area contributed by atoms with Crippen LogP contribution in [-0.2, 0) is 9.98 Å². The third-order valence-corrected chi connectivity index (χ3v) is 14.3. The van der Waals surface area contributed by atoms with Crippen LogP contribution in [0.4, 0.5) is 0 Å². The number of aryl methyl sites for hydroxylation is 1. The fourth-order valence-corrected chi connectivity index (χ4v) is 11.4. The standard InChI is InChI=1S/C50H36NOP/c1-35-23-25-36(26-24-35)37-27-29-38(30-28-37)50(39-31-33-42(34-32-39)53(52,40-13-4-2-5-14-40)41-15-6-3-7-16-41)45-19-9-11-22-48(45)51-47-21-10-8-17-43(47)44-18-12-20-46(50)49(44)51/h2-34H,1H3. The predicted molar refractivity (Wildman–Crippen MR) is 222 cm³/mol. The zero-order chi connectivity index (χ0) is 35.6. The first-order chi connectivity index (χ1) is 26.1. The molecule has 0 bridgehead atoms. The number of hydrogen-bond acceptors (Lipinski definition) is 1. The van der Waals surface area contributed by atoms with Crippen LogP contribution in [0.1, 0.15) is 27.8 Å². The number of fused-ring (bicyclic) bond motifs is 5. The van der Waals surface area contributed by atoms with Crippen LogP contribution in [0.2, 0.25) is 0 Å². The van der Waals surface area contributed by atoms with Gasteiger partial charge in [-0.15, -0.1) is 0 Å². The van der Waals surface area contributed by atoms with Crippen LogP contribution in [0.15, 0.2) is 200 Å². The molecule has 3 heteroatoms. The summed E-state index contributed by atoms with van der Waals surface area (Å²) in [6.07, 6.45) is 0. The summed E-state index contributed by atoms with van der Waals surface area (Å²) >= 11 is 0. The third kappa shape index (κ3) is 4.62. The van der Waals surface area contributed by atoms with Crippen molar-refractivity contribution in [1.82, 2.24) is 4.57 Å². The SMILES string of the molecule is Cc1ccc(-c2ccc(C3(c4ccc(P(=O)(c5ccccc5)c5ccccc5)cc4)c4ccccc4-n4c5ccccc5c5cccc3c54)cc2)cc1. The van der Waals surface area contributed by atoms with E-state index in [-0.39, 0.29) is 0 Å². The topological polar surface area (TPSA) is 22.0 Å². The molecule has 10 rings (SSSR count). The molecule has 0 radical (unpaired) electrons. The van der Waals surface area contributed by atoms with Gasteiger partial charge < -0.3 is 9.13 Å². The highest BCUT2D eigenvalue weighted by atomic mass is 31.2. The lowest BCUT2D eigenvalue weighted by molar-refractivity contribution is 0.592. The first-order valence-corrected chi connectivity index (χ1v) is 19.9. The second-order valence-electron chi connectivity index (χ2n) is 14.1. The summed E-state index contributed by atoms with van der Waals surface area (Å²) in [5, 5.41) is 4.96. The van der Waals surface area contributed by atoms with Crippen molar-refractivity contribution in [3.05, 3.63) is 228 Å².